The summed E-state index contributed by atoms with van der Waals surface area (Å²) >= 11 is 0. The molecule has 1 aromatic carbocycles. The van der Waals surface area contributed by atoms with Gasteiger partial charge in [-0.05, 0) is 24.1 Å². The number of alkyl halides is 3. The van der Waals surface area contributed by atoms with E-state index in [1.807, 2.05) is 0 Å². The third-order valence-electron chi connectivity index (χ3n) is 3.50. The quantitative estimate of drug-likeness (QED) is 0.863. The lowest BCUT2D eigenvalue weighted by Crippen LogP contribution is -2.42. The molecule has 0 spiro atoms. The van der Waals surface area contributed by atoms with Crippen LogP contribution in [0.2, 0.25) is 0 Å². The maximum Gasteiger partial charge on any atom is 0.416 e. The lowest BCUT2D eigenvalue weighted by molar-refractivity contribution is -0.138. The molecule has 0 bridgehead atoms. The third-order valence-corrected chi connectivity index (χ3v) is 3.50. The monoisotopic (exact) mass is 272 g/mol. The molecule has 1 aliphatic rings. The predicted octanol–water partition coefficient (Wildman–Crippen LogP) is 1.88. The second kappa shape index (κ2) is 5.21. The van der Waals surface area contributed by atoms with E-state index in [4.69, 9.17) is 5.73 Å². The second-order valence-corrected chi connectivity index (χ2v) is 4.70. The number of hydrogen-bond donors (Lipinski definition) is 2. The van der Waals surface area contributed by atoms with Crippen molar-refractivity contribution in [1.29, 1.82) is 0 Å². The summed E-state index contributed by atoms with van der Waals surface area (Å²) < 4.78 is 39.0. The van der Waals surface area contributed by atoms with Crippen LogP contribution in [0.1, 0.15) is 23.5 Å². The van der Waals surface area contributed by atoms with E-state index in [0.717, 1.165) is 6.07 Å². The van der Waals surface area contributed by atoms with Crippen molar-refractivity contribution in [3.63, 3.8) is 0 Å². The number of carbonyl (C=O) groups is 1. The van der Waals surface area contributed by atoms with Gasteiger partial charge in [0.05, 0.1) is 5.56 Å². The molecule has 2 unspecified atom stereocenters. The summed E-state index contributed by atoms with van der Waals surface area (Å²) in [6.07, 6.45) is -4.22. The van der Waals surface area contributed by atoms with E-state index in [2.05, 4.69) is 5.32 Å². The minimum Gasteiger partial charge on any atom is -0.355 e. The lowest BCUT2D eigenvalue weighted by Gasteiger charge is -2.32. The van der Waals surface area contributed by atoms with Crippen molar-refractivity contribution in [3.05, 3.63) is 35.4 Å². The zero-order valence-electron chi connectivity index (χ0n) is 10.2. The Morgan fingerprint density at radius 2 is 2.00 bits per heavy atom. The number of nitrogens with two attached hydrogens (primary N) is 1. The second-order valence-electron chi connectivity index (χ2n) is 4.70. The molecule has 0 aromatic heterocycles. The van der Waals surface area contributed by atoms with Gasteiger partial charge in [0, 0.05) is 18.9 Å². The van der Waals surface area contributed by atoms with Crippen LogP contribution >= 0.6 is 0 Å². The summed E-state index contributed by atoms with van der Waals surface area (Å²) in [6, 6.07) is 5.48. The summed E-state index contributed by atoms with van der Waals surface area (Å²) in [7, 11) is 0. The van der Waals surface area contributed by atoms with Gasteiger partial charge >= 0.3 is 6.18 Å². The Morgan fingerprint density at radius 3 is 2.63 bits per heavy atom. The average Bonchev–Trinajstić information content (AvgIpc) is 2.37. The molecule has 104 valence electrons. The van der Waals surface area contributed by atoms with Gasteiger partial charge in [-0.2, -0.15) is 13.2 Å². The molecule has 1 fully saturated rings. The van der Waals surface area contributed by atoms with Crippen LogP contribution in [0.4, 0.5) is 13.2 Å². The Hall–Kier alpha value is -1.56. The number of nitrogens with one attached hydrogen (secondary N) is 1. The van der Waals surface area contributed by atoms with E-state index >= 15 is 0 Å². The maximum absolute atomic E-state index is 13.0. The van der Waals surface area contributed by atoms with Crippen molar-refractivity contribution < 1.29 is 18.0 Å². The van der Waals surface area contributed by atoms with Gasteiger partial charge in [0.2, 0.25) is 5.91 Å². The number of carbonyl (C=O) groups excluding carboxylic acids is 1. The van der Waals surface area contributed by atoms with E-state index in [1.54, 1.807) is 6.07 Å². The van der Waals surface area contributed by atoms with Crippen LogP contribution in [0.5, 0.6) is 0 Å². The molecular formula is C13H15F3N2O. The third kappa shape index (κ3) is 2.89. The van der Waals surface area contributed by atoms with Gasteiger partial charge in [-0.3, -0.25) is 4.79 Å². The zero-order chi connectivity index (χ0) is 14.0. The van der Waals surface area contributed by atoms with Crippen LogP contribution in [0.15, 0.2) is 24.3 Å². The van der Waals surface area contributed by atoms with Crippen LogP contribution < -0.4 is 11.1 Å². The summed E-state index contributed by atoms with van der Waals surface area (Å²) in [5, 5.41) is 2.61. The molecule has 0 saturated carbocycles. The first kappa shape index (κ1) is 13.9. The van der Waals surface area contributed by atoms with E-state index < -0.39 is 11.7 Å². The molecule has 0 radical (unpaired) electrons. The Bertz CT molecular complexity index is 473. The molecule has 2 rings (SSSR count). The largest absolute Gasteiger partial charge is 0.416 e. The first-order chi connectivity index (χ1) is 8.93. The van der Waals surface area contributed by atoms with E-state index in [-0.39, 0.29) is 42.8 Å². The highest BCUT2D eigenvalue weighted by atomic mass is 19.4. The molecule has 2 atom stereocenters. The van der Waals surface area contributed by atoms with Gasteiger partial charge in [-0.15, -0.1) is 0 Å². The number of piperidine rings is 1. The fourth-order valence-electron chi connectivity index (χ4n) is 2.53. The minimum absolute atomic E-state index is 0.156. The van der Waals surface area contributed by atoms with Gasteiger partial charge in [0.1, 0.15) is 0 Å². The van der Waals surface area contributed by atoms with Gasteiger partial charge in [-0.1, -0.05) is 18.2 Å². The van der Waals surface area contributed by atoms with Crippen LogP contribution in [0, 0.1) is 5.92 Å². The highest BCUT2D eigenvalue weighted by Crippen LogP contribution is 2.38. The molecule has 3 nitrogen and oxygen atoms in total. The molecule has 1 heterocycles. The van der Waals surface area contributed by atoms with E-state index in [0.29, 0.717) is 0 Å². The maximum atomic E-state index is 13.0. The highest BCUT2D eigenvalue weighted by molar-refractivity contribution is 5.77. The molecule has 6 heteroatoms. The van der Waals surface area contributed by atoms with Crippen LogP contribution in [0.25, 0.3) is 0 Å². The lowest BCUT2D eigenvalue weighted by atomic mass is 9.79. The average molecular weight is 272 g/mol. The van der Waals surface area contributed by atoms with Crippen molar-refractivity contribution in [2.45, 2.75) is 18.5 Å². The van der Waals surface area contributed by atoms with Gasteiger partial charge in [-0.25, -0.2) is 0 Å². The van der Waals surface area contributed by atoms with Crippen LogP contribution in [0.3, 0.4) is 0 Å². The zero-order valence-corrected chi connectivity index (χ0v) is 10.2. The van der Waals surface area contributed by atoms with Crippen molar-refractivity contribution in [2.75, 3.05) is 13.1 Å². The van der Waals surface area contributed by atoms with E-state index in [9.17, 15) is 18.0 Å². The van der Waals surface area contributed by atoms with Crippen LogP contribution in [-0.2, 0) is 11.0 Å². The molecule has 19 heavy (non-hydrogen) atoms. The molecule has 1 saturated heterocycles. The summed E-state index contributed by atoms with van der Waals surface area (Å²) in [5.41, 5.74) is 5.16. The number of benzene rings is 1. The minimum atomic E-state index is -4.39. The summed E-state index contributed by atoms with van der Waals surface area (Å²) in [4.78, 5) is 11.3. The first-order valence-corrected chi connectivity index (χ1v) is 6.06. The Labute approximate surface area is 109 Å². The highest BCUT2D eigenvalue weighted by Gasteiger charge is 2.38. The van der Waals surface area contributed by atoms with Crippen LogP contribution in [-0.4, -0.2) is 19.0 Å². The molecule has 0 aliphatic carbocycles. The van der Waals surface area contributed by atoms with Crippen molar-refractivity contribution in [2.24, 2.45) is 11.7 Å². The number of rotatable bonds is 2. The van der Waals surface area contributed by atoms with E-state index in [1.165, 1.54) is 12.1 Å². The predicted molar refractivity (Wildman–Crippen MR) is 64.4 cm³/mol. The molecule has 3 N–H and O–H groups in total. The first-order valence-electron chi connectivity index (χ1n) is 6.06. The topological polar surface area (TPSA) is 55.1 Å². The van der Waals surface area contributed by atoms with Gasteiger partial charge in [0.15, 0.2) is 0 Å². The number of halogens is 3. The fourth-order valence-corrected chi connectivity index (χ4v) is 2.53. The van der Waals surface area contributed by atoms with Gasteiger partial charge in [0.25, 0.3) is 0 Å². The normalized spacial score (nSPS) is 24.1. The van der Waals surface area contributed by atoms with Gasteiger partial charge < -0.3 is 11.1 Å². The fraction of sp³-hybridized carbons (Fsp3) is 0.462. The van der Waals surface area contributed by atoms with Crippen molar-refractivity contribution >= 4 is 5.91 Å². The molecule has 1 amide bonds. The molecule has 1 aromatic rings. The summed E-state index contributed by atoms with van der Waals surface area (Å²) in [6.45, 7) is 0.401. The SMILES string of the molecule is NCC1CC(=O)NCC1c1ccccc1C(F)(F)F. The van der Waals surface area contributed by atoms with Crippen molar-refractivity contribution in [1.82, 2.24) is 5.32 Å². The number of hydrogen-bond acceptors (Lipinski definition) is 2. The Morgan fingerprint density at radius 1 is 1.32 bits per heavy atom. The standard InChI is InChI=1S/C13H15F3N2O/c14-13(15,16)11-4-2-1-3-9(11)10-7-18-12(19)5-8(10)6-17/h1-4,8,10H,5-7,17H2,(H,18,19). The Balaban J connectivity index is 2.38. The molecule has 1 aliphatic heterocycles. The van der Waals surface area contributed by atoms with Crippen molar-refractivity contribution in [3.8, 4) is 0 Å². The Kier molecular flexibility index (Phi) is 3.80. The number of amides is 1. The smallest absolute Gasteiger partial charge is 0.355 e. The summed E-state index contributed by atoms with van der Waals surface area (Å²) in [5.74, 6) is -0.797. The molecular weight excluding hydrogens is 257 g/mol.